The quantitative estimate of drug-likeness (QED) is 0.798. The molecule has 0 aliphatic rings. The zero-order chi connectivity index (χ0) is 17.4. The first-order valence-electron chi connectivity index (χ1n) is 8.23. The Balaban J connectivity index is 2.88. The van der Waals surface area contributed by atoms with Gasteiger partial charge in [-0.15, -0.1) is 0 Å². The van der Waals surface area contributed by atoms with Gasteiger partial charge in [-0.3, -0.25) is 9.59 Å². The Bertz CT molecular complexity index is 516. The molecule has 0 aromatic heterocycles. The highest BCUT2D eigenvalue weighted by Crippen LogP contribution is 2.13. The monoisotopic (exact) mass is 322 g/mol. The van der Waals surface area contributed by atoms with Crippen LogP contribution in [-0.4, -0.2) is 28.8 Å². The second-order valence-electron chi connectivity index (χ2n) is 5.89. The van der Waals surface area contributed by atoms with Crippen LogP contribution in [0.15, 0.2) is 24.3 Å². The minimum Gasteiger partial charge on any atom is -0.352 e. The van der Waals surface area contributed by atoms with Crippen LogP contribution < -0.4 is 5.32 Å². The maximum absolute atomic E-state index is 13.0. The highest BCUT2D eigenvalue weighted by atomic mass is 19.1. The summed E-state index contributed by atoms with van der Waals surface area (Å²) in [6, 6.07) is 5.51. The van der Waals surface area contributed by atoms with E-state index in [2.05, 4.69) is 5.32 Å². The van der Waals surface area contributed by atoms with Crippen molar-refractivity contribution in [1.29, 1.82) is 0 Å². The molecule has 1 rings (SSSR count). The average molecular weight is 322 g/mol. The van der Waals surface area contributed by atoms with Crippen LogP contribution in [0, 0.1) is 5.82 Å². The Morgan fingerprint density at radius 2 is 1.78 bits per heavy atom. The Kier molecular flexibility index (Phi) is 7.72. The van der Waals surface area contributed by atoms with Gasteiger partial charge in [-0.2, -0.15) is 0 Å². The normalized spacial score (nSPS) is 13.3. The molecule has 2 atom stereocenters. The maximum Gasteiger partial charge on any atom is 0.242 e. The minimum atomic E-state index is -0.562. The highest BCUT2D eigenvalue weighted by molar-refractivity contribution is 5.87. The molecule has 0 heterocycles. The van der Waals surface area contributed by atoms with Crippen molar-refractivity contribution in [1.82, 2.24) is 10.2 Å². The van der Waals surface area contributed by atoms with Crippen molar-refractivity contribution in [3.63, 3.8) is 0 Å². The number of halogens is 1. The van der Waals surface area contributed by atoms with Crippen LogP contribution >= 0.6 is 0 Å². The Morgan fingerprint density at radius 1 is 1.17 bits per heavy atom. The highest BCUT2D eigenvalue weighted by Gasteiger charge is 2.26. The fourth-order valence-electron chi connectivity index (χ4n) is 2.19. The third kappa shape index (κ3) is 6.00. The van der Waals surface area contributed by atoms with E-state index in [1.807, 2.05) is 20.8 Å². The topological polar surface area (TPSA) is 49.4 Å². The lowest BCUT2D eigenvalue weighted by atomic mass is 10.1. The van der Waals surface area contributed by atoms with Crippen LogP contribution in [0.2, 0.25) is 0 Å². The van der Waals surface area contributed by atoms with Crippen LogP contribution in [0.3, 0.4) is 0 Å². The standard InChI is InChI=1S/C18H27FN2O2/c1-5-7-17(22)21(12-15-8-10-16(19)11-9-15)14(4)18(23)20-13(3)6-2/h8-11,13-14H,5-7,12H2,1-4H3,(H,20,23)/t13-,14+/m0/s1. The predicted octanol–water partition coefficient (Wildman–Crippen LogP) is 3.26. The molecule has 4 nitrogen and oxygen atoms in total. The molecular weight excluding hydrogens is 295 g/mol. The van der Waals surface area contributed by atoms with Gasteiger partial charge in [-0.05, 0) is 44.4 Å². The second kappa shape index (κ2) is 9.28. The van der Waals surface area contributed by atoms with Crippen LogP contribution in [-0.2, 0) is 16.1 Å². The summed E-state index contributed by atoms with van der Waals surface area (Å²) in [5.41, 5.74) is 0.805. The van der Waals surface area contributed by atoms with Crippen LogP contribution in [0.5, 0.6) is 0 Å². The van der Waals surface area contributed by atoms with Gasteiger partial charge in [0.15, 0.2) is 0 Å². The summed E-state index contributed by atoms with van der Waals surface area (Å²) < 4.78 is 13.0. The number of carbonyl (C=O) groups is 2. The number of rotatable bonds is 8. The van der Waals surface area contributed by atoms with Crippen LogP contribution in [0.25, 0.3) is 0 Å². The van der Waals surface area contributed by atoms with Crippen molar-refractivity contribution >= 4 is 11.8 Å². The van der Waals surface area contributed by atoms with E-state index in [1.165, 1.54) is 12.1 Å². The Morgan fingerprint density at radius 3 is 2.30 bits per heavy atom. The van der Waals surface area contributed by atoms with E-state index in [-0.39, 0.29) is 23.7 Å². The first kappa shape index (κ1) is 19.1. The van der Waals surface area contributed by atoms with Crippen molar-refractivity contribution < 1.29 is 14.0 Å². The smallest absolute Gasteiger partial charge is 0.242 e. The van der Waals surface area contributed by atoms with Gasteiger partial charge in [0, 0.05) is 19.0 Å². The molecule has 5 heteroatoms. The van der Waals surface area contributed by atoms with Gasteiger partial charge in [-0.25, -0.2) is 4.39 Å². The van der Waals surface area contributed by atoms with E-state index in [9.17, 15) is 14.0 Å². The van der Waals surface area contributed by atoms with Crippen molar-refractivity contribution in [2.45, 2.75) is 65.6 Å². The summed E-state index contributed by atoms with van der Waals surface area (Å²) in [6.45, 7) is 7.89. The lowest BCUT2D eigenvalue weighted by molar-refractivity contribution is -0.140. The zero-order valence-corrected chi connectivity index (χ0v) is 14.4. The number of hydrogen-bond acceptors (Lipinski definition) is 2. The maximum atomic E-state index is 13.0. The molecular formula is C18H27FN2O2. The lowest BCUT2D eigenvalue weighted by Gasteiger charge is -2.29. The summed E-state index contributed by atoms with van der Waals surface area (Å²) in [5.74, 6) is -0.544. The zero-order valence-electron chi connectivity index (χ0n) is 14.4. The molecule has 0 aliphatic carbocycles. The van der Waals surface area contributed by atoms with Gasteiger partial charge in [0.2, 0.25) is 11.8 Å². The molecule has 128 valence electrons. The SMILES string of the molecule is CCCC(=O)N(Cc1ccc(F)cc1)[C@H](C)C(=O)N[C@@H](C)CC. The van der Waals surface area contributed by atoms with Crippen LogP contribution in [0.1, 0.15) is 52.5 Å². The molecule has 1 aromatic carbocycles. The van der Waals surface area contributed by atoms with Crippen molar-refractivity contribution in [3.05, 3.63) is 35.6 Å². The molecule has 0 bridgehead atoms. The molecule has 0 unspecified atom stereocenters. The summed E-state index contributed by atoms with van der Waals surface area (Å²) in [4.78, 5) is 26.3. The van der Waals surface area contributed by atoms with E-state index in [0.29, 0.717) is 13.0 Å². The molecule has 0 radical (unpaired) electrons. The van der Waals surface area contributed by atoms with Crippen molar-refractivity contribution in [3.8, 4) is 0 Å². The third-order valence-corrected chi connectivity index (χ3v) is 3.90. The summed E-state index contributed by atoms with van der Waals surface area (Å²) in [7, 11) is 0. The first-order chi connectivity index (χ1) is 10.9. The summed E-state index contributed by atoms with van der Waals surface area (Å²) >= 11 is 0. The average Bonchev–Trinajstić information content (AvgIpc) is 2.53. The van der Waals surface area contributed by atoms with Gasteiger partial charge >= 0.3 is 0 Å². The number of benzene rings is 1. The lowest BCUT2D eigenvalue weighted by Crippen LogP contribution is -2.49. The number of amides is 2. The van der Waals surface area contributed by atoms with E-state index in [0.717, 1.165) is 18.4 Å². The number of nitrogens with one attached hydrogen (secondary N) is 1. The number of nitrogens with zero attached hydrogens (tertiary/aromatic N) is 1. The fraction of sp³-hybridized carbons (Fsp3) is 0.556. The van der Waals surface area contributed by atoms with E-state index >= 15 is 0 Å². The Labute approximate surface area is 138 Å². The largest absolute Gasteiger partial charge is 0.352 e. The van der Waals surface area contributed by atoms with Gasteiger partial charge in [0.05, 0.1) is 0 Å². The molecule has 0 fully saturated rings. The number of hydrogen-bond donors (Lipinski definition) is 1. The molecule has 2 amide bonds. The molecule has 0 aliphatic heterocycles. The van der Waals surface area contributed by atoms with Gasteiger partial charge in [0.25, 0.3) is 0 Å². The Hall–Kier alpha value is -1.91. The second-order valence-corrected chi connectivity index (χ2v) is 5.89. The summed E-state index contributed by atoms with van der Waals surface area (Å²) in [5, 5.41) is 2.91. The van der Waals surface area contributed by atoms with Crippen molar-refractivity contribution in [2.75, 3.05) is 0 Å². The molecule has 0 saturated carbocycles. The van der Waals surface area contributed by atoms with Crippen LogP contribution in [0.4, 0.5) is 4.39 Å². The molecule has 1 aromatic rings. The van der Waals surface area contributed by atoms with Gasteiger partial charge < -0.3 is 10.2 Å². The van der Waals surface area contributed by atoms with Gasteiger partial charge in [-0.1, -0.05) is 26.0 Å². The predicted molar refractivity (Wildman–Crippen MR) is 89.2 cm³/mol. The number of carbonyl (C=O) groups excluding carboxylic acids is 2. The van der Waals surface area contributed by atoms with Gasteiger partial charge in [0.1, 0.15) is 11.9 Å². The molecule has 0 spiro atoms. The fourth-order valence-corrected chi connectivity index (χ4v) is 2.19. The molecule has 0 saturated heterocycles. The van der Waals surface area contributed by atoms with E-state index in [1.54, 1.807) is 24.0 Å². The summed E-state index contributed by atoms with van der Waals surface area (Å²) in [6.07, 6.45) is 1.94. The molecule has 23 heavy (non-hydrogen) atoms. The van der Waals surface area contributed by atoms with Crippen molar-refractivity contribution in [2.24, 2.45) is 0 Å². The third-order valence-electron chi connectivity index (χ3n) is 3.90. The first-order valence-corrected chi connectivity index (χ1v) is 8.23. The van der Waals surface area contributed by atoms with E-state index in [4.69, 9.17) is 0 Å². The molecule has 1 N–H and O–H groups in total. The minimum absolute atomic E-state index is 0.0661. The van der Waals surface area contributed by atoms with E-state index < -0.39 is 6.04 Å².